The second-order valence-corrected chi connectivity index (χ2v) is 5.61. The summed E-state index contributed by atoms with van der Waals surface area (Å²) in [5.41, 5.74) is 0. The van der Waals surface area contributed by atoms with E-state index < -0.39 is 0 Å². The zero-order valence-corrected chi connectivity index (χ0v) is 11.8. The average Bonchev–Trinajstić information content (AvgIpc) is 2.45. The van der Waals surface area contributed by atoms with Crippen LogP contribution in [0.4, 0.5) is 0 Å². The number of piperidine rings is 2. The number of hydrogen-bond acceptors (Lipinski definition) is 4. The highest BCUT2D eigenvalue weighted by atomic mass is 16.5. The third-order valence-corrected chi connectivity index (χ3v) is 4.28. The van der Waals surface area contributed by atoms with Crippen molar-refractivity contribution in [2.24, 2.45) is 5.92 Å². The van der Waals surface area contributed by atoms with Gasteiger partial charge in [-0.15, -0.1) is 0 Å². The van der Waals surface area contributed by atoms with E-state index in [0.29, 0.717) is 18.6 Å². The molecule has 2 aliphatic rings. The number of hydrogen-bond donors (Lipinski definition) is 2. The molecule has 0 bridgehead atoms. The Morgan fingerprint density at radius 2 is 2.11 bits per heavy atom. The number of amides is 1. The number of likely N-dealkylation sites (tertiary alicyclic amines) is 1. The summed E-state index contributed by atoms with van der Waals surface area (Å²) in [6.07, 6.45) is 4.09. The van der Waals surface area contributed by atoms with Crippen molar-refractivity contribution in [1.82, 2.24) is 10.2 Å². The Morgan fingerprint density at radius 1 is 1.37 bits per heavy atom. The third-order valence-electron chi connectivity index (χ3n) is 4.28. The topological polar surface area (TPSA) is 61.8 Å². The summed E-state index contributed by atoms with van der Waals surface area (Å²) in [7, 11) is 0. The average molecular weight is 270 g/mol. The molecule has 5 nitrogen and oxygen atoms in total. The minimum Gasteiger partial charge on any atom is -0.394 e. The van der Waals surface area contributed by atoms with Gasteiger partial charge >= 0.3 is 0 Å². The van der Waals surface area contributed by atoms with Crippen LogP contribution in [0.25, 0.3) is 0 Å². The van der Waals surface area contributed by atoms with Gasteiger partial charge in [-0.1, -0.05) is 0 Å². The molecular formula is C14H26N2O3. The molecule has 2 aliphatic heterocycles. The van der Waals surface area contributed by atoms with E-state index in [9.17, 15) is 4.79 Å². The summed E-state index contributed by atoms with van der Waals surface area (Å²) in [5.74, 6) is 0.448. The van der Waals surface area contributed by atoms with Gasteiger partial charge in [0.1, 0.15) is 0 Å². The minimum atomic E-state index is 0.0738. The van der Waals surface area contributed by atoms with Crippen LogP contribution in [-0.2, 0) is 9.53 Å². The van der Waals surface area contributed by atoms with Crippen molar-refractivity contribution in [3.63, 3.8) is 0 Å². The molecule has 5 heteroatoms. The van der Waals surface area contributed by atoms with Gasteiger partial charge in [0.25, 0.3) is 0 Å². The van der Waals surface area contributed by atoms with Crippen LogP contribution in [0.3, 0.4) is 0 Å². The molecule has 2 N–H and O–H groups in total. The smallest absolute Gasteiger partial charge is 0.227 e. The van der Waals surface area contributed by atoms with Gasteiger partial charge in [0, 0.05) is 19.1 Å². The van der Waals surface area contributed by atoms with E-state index >= 15 is 0 Å². The highest BCUT2D eigenvalue weighted by Gasteiger charge is 2.32. The van der Waals surface area contributed by atoms with Crippen molar-refractivity contribution in [1.29, 1.82) is 0 Å². The molecule has 110 valence electrons. The monoisotopic (exact) mass is 270 g/mol. The molecule has 2 fully saturated rings. The normalized spacial score (nSPS) is 29.5. The van der Waals surface area contributed by atoms with Gasteiger partial charge in [-0.2, -0.15) is 0 Å². The van der Waals surface area contributed by atoms with Gasteiger partial charge in [-0.05, 0) is 39.2 Å². The highest BCUT2D eigenvalue weighted by Crippen LogP contribution is 2.22. The van der Waals surface area contributed by atoms with Crippen molar-refractivity contribution in [3.8, 4) is 0 Å². The maximum absolute atomic E-state index is 12.5. The fraction of sp³-hybridized carbons (Fsp3) is 0.929. The quantitative estimate of drug-likeness (QED) is 0.775. The van der Waals surface area contributed by atoms with Gasteiger partial charge in [0.15, 0.2) is 0 Å². The molecule has 0 spiro atoms. The zero-order chi connectivity index (χ0) is 13.7. The number of carbonyl (C=O) groups excluding carboxylic acids is 1. The second-order valence-electron chi connectivity index (χ2n) is 5.61. The maximum atomic E-state index is 12.5. The molecule has 0 radical (unpaired) electrons. The SMILES string of the molecule is CC1NCCCC1C(=O)N1CCC(OCCO)CC1. The largest absolute Gasteiger partial charge is 0.394 e. The Bertz CT molecular complexity index is 290. The van der Waals surface area contributed by atoms with E-state index in [0.717, 1.165) is 45.3 Å². The number of ether oxygens (including phenoxy) is 1. The van der Waals surface area contributed by atoms with Crippen LogP contribution in [0.1, 0.15) is 32.6 Å². The molecule has 19 heavy (non-hydrogen) atoms. The molecule has 2 heterocycles. The van der Waals surface area contributed by atoms with Gasteiger partial charge in [0.05, 0.1) is 25.2 Å². The predicted molar refractivity (Wildman–Crippen MR) is 72.8 cm³/mol. The summed E-state index contributed by atoms with van der Waals surface area (Å²) in [4.78, 5) is 14.5. The maximum Gasteiger partial charge on any atom is 0.227 e. The Hall–Kier alpha value is -0.650. The first kappa shape index (κ1) is 14.8. The van der Waals surface area contributed by atoms with Gasteiger partial charge < -0.3 is 20.1 Å². The van der Waals surface area contributed by atoms with Crippen molar-refractivity contribution >= 4 is 5.91 Å². The van der Waals surface area contributed by atoms with Crippen molar-refractivity contribution in [3.05, 3.63) is 0 Å². The van der Waals surface area contributed by atoms with Crippen molar-refractivity contribution in [2.75, 3.05) is 32.8 Å². The summed E-state index contributed by atoms with van der Waals surface area (Å²) in [5, 5.41) is 12.1. The lowest BCUT2D eigenvalue weighted by Crippen LogP contribution is -2.50. The molecule has 2 unspecified atom stereocenters. The minimum absolute atomic E-state index is 0.0738. The first-order valence-electron chi connectivity index (χ1n) is 7.47. The van der Waals surface area contributed by atoms with Crippen LogP contribution in [0.5, 0.6) is 0 Å². The summed E-state index contributed by atoms with van der Waals surface area (Å²) in [6, 6.07) is 0.296. The number of aliphatic hydroxyl groups is 1. The summed E-state index contributed by atoms with van der Waals surface area (Å²) < 4.78 is 5.53. The van der Waals surface area contributed by atoms with E-state index in [1.54, 1.807) is 0 Å². The zero-order valence-electron chi connectivity index (χ0n) is 11.8. The number of rotatable bonds is 4. The molecule has 2 atom stereocenters. The van der Waals surface area contributed by atoms with E-state index in [4.69, 9.17) is 9.84 Å². The van der Waals surface area contributed by atoms with Gasteiger partial charge in [0.2, 0.25) is 5.91 Å². The lowest BCUT2D eigenvalue weighted by molar-refractivity contribution is -0.140. The fourth-order valence-corrected chi connectivity index (χ4v) is 3.08. The Kier molecular flexibility index (Phi) is 5.60. The van der Waals surface area contributed by atoms with Gasteiger partial charge in [-0.3, -0.25) is 4.79 Å². The lowest BCUT2D eigenvalue weighted by Gasteiger charge is -2.37. The van der Waals surface area contributed by atoms with Crippen LogP contribution >= 0.6 is 0 Å². The molecule has 0 aromatic rings. The number of nitrogens with one attached hydrogen (secondary N) is 1. The second kappa shape index (κ2) is 7.22. The molecule has 0 aliphatic carbocycles. The molecule has 2 rings (SSSR count). The number of aliphatic hydroxyl groups excluding tert-OH is 1. The molecular weight excluding hydrogens is 244 g/mol. The van der Waals surface area contributed by atoms with Crippen LogP contribution in [0, 0.1) is 5.92 Å². The van der Waals surface area contributed by atoms with Crippen molar-refractivity contribution in [2.45, 2.75) is 44.8 Å². The number of carbonyl (C=O) groups is 1. The van der Waals surface area contributed by atoms with Crippen LogP contribution in [0.15, 0.2) is 0 Å². The summed E-state index contributed by atoms with van der Waals surface area (Å²) >= 11 is 0. The van der Waals surface area contributed by atoms with Gasteiger partial charge in [-0.25, -0.2) is 0 Å². The van der Waals surface area contributed by atoms with Crippen LogP contribution in [0.2, 0.25) is 0 Å². The Labute approximate surface area is 115 Å². The predicted octanol–water partition coefficient (Wildman–Crippen LogP) is 0.374. The fourth-order valence-electron chi connectivity index (χ4n) is 3.08. The van der Waals surface area contributed by atoms with Crippen LogP contribution in [-0.4, -0.2) is 60.9 Å². The van der Waals surface area contributed by atoms with Crippen LogP contribution < -0.4 is 5.32 Å². The molecule has 0 aromatic carbocycles. The Morgan fingerprint density at radius 3 is 2.74 bits per heavy atom. The first-order chi connectivity index (χ1) is 9.22. The van der Waals surface area contributed by atoms with E-state index in [-0.39, 0.29) is 18.6 Å². The highest BCUT2D eigenvalue weighted by molar-refractivity contribution is 5.79. The first-order valence-corrected chi connectivity index (χ1v) is 7.47. The number of nitrogens with zero attached hydrogens (tertiary/aromatic N) is 1. The summed E-state index contributed by atoms with van der Waals surface area (Å²) in [6.45, 7) is 5.20. The van der Waals surface area contributed by atoms with E-state index in [2.05, 4.69) is 12.2 Å². The third kappa shape index (κ3) is 3.91. The standard InChI is InChI=1S/C14H26N2O3/c1-11-13(3-2-6-15-11)14(18)16-7-4-12(5-8-16)19-10-9-17/h11-13,15,17H,2-10H2,1H3. The molecule has 2 saturated heterocycles. The van der Waals surface area contributed by atoms with Crippen molar-refractivity contribution < 1.29 is 14.6 Å². The lowest BCUT2D eigenvalue weighted by atomic mass is 9.90. The molecule has 0 saturated carbocycles. The van der Waals surface area contributed by atoms with E-state index in [1.807, 2.05) is 4.90 Å². The molecule has 1 amide bonds. The van der Waals surface area contributed by atoms with E-state index in [1.165, 1.54) is 0 Å². The Balaban J connectivity index is 1.78. The molecule has 0 aromatic heterocycles.